The van der Waals surface area contributed by atoms with Gasteiger partial charge >= 0.3 is 0 Å². The van der Waals surface area contributed by atoms with Gasteiger partial charge in [0.1, 0.15) is 11.9 Å². The molecule has 6 aliphatic rings. The summed E-state index contributed by atoms with van der Waals surface area (Å²) in [4.78, 5) is 14.1. The van der Waals surface area contributed by atoms with Crippen molar-refractivity contribution < 1.29 is 35.1 Å². The second-order valence-corrected chi connectivity index (χ2v) is 16.3. The van der Waals surface area contributed by atoms with E-state index in [0.29, 0.717) is 50.4 Å². The van der Waals surface area contributed by atoms with Crippen LogP contribution in [0.2, 0.25) is 0 Å². The van der Waals surface area contributed by atoms with Gasteiger partial charge in [-0.05, 0) is 129 Å². The molecule has 242 valence electrons. The number of aliphatic hydroxyl groups excluding tert-OH is 2. The van der Waals surface area contributed by atoms with Crippen molar-refractivity contribution in [1.82, 2.24) is 0 Å². The van der Waals surface area contributed by atoms with Gasteiger partial charge in [0.2, 0.25) is 0 Å². The number of aliphatic hydroxyl groups is 4. The van der Waals surface area contributed by atoms with E-state index in [1.54, 1.807) is 18.2 Å². The number of fused-ring (bicyclic) bond motifs is 3. The highest BCUT2D eigenvalue weighted by molar-refractivity contribution is 5.95. The van der Waals surface area contributed by atoms with Gasteiger partial charge in [-0.3, -0.25) is 4.79 Å². The summed E-state index contributed by atoms with van der Waals surface area (Å²) in [7, 11) is 0. The minimum atomic E-state index is -1.28. The van der Waals surface area contributed by atoms with Crippen molar-refractivity contribution in [3.63, 3.8) is 0 Å². The molecule has 2 bridgehead atoms. The first-order valence-corrected chi connectivity index (χ1v) is 17.3. The fourth-order valence-corrected chi connectivity index (χ4v) is 11.7. The molecule has 1 aromatic carbocycles. The van der Waals surface area contributed by atoms with Crippen LogP contribution in [0.1, 0.15) is 91.0 Å². The summed E-state index contributed by atoms with van der Waals surface area (Å²) in [6.45, 7) is 8.45. The van der Waals surface area contributed by atoms with E-state index in [1.807, 2.05) is 19.1 Å². The monoisotopic (exact) mass is 608 g/mol. The van der Waals surface area contributed by atoms with Crippen molar-refractivity contribution in [3.05, 3.63) is 41.5 Å². The third-order valence-corrected chi connectivity index (χ3v) is 14.1. The second-order valence-electron chi connectivity index (χ2n) is 16.3. The summed E-state index contributed by atoms with van der Waals surface area (Å²) in [5.74, 6) is 0.0927. The first-order valence-electron chi connectivity index (χ1n) is 17.3. The lowest BCUT2D eigenvalue weighted by Crippen LogP contribution is -2.66. The first-order chi connectivity index (χ1) is 20.8. The molecule has 1 aliphatic heterocycles. The molecule has 5 fully saturated rings. The van der Waals surface area contributed by atoms with Gasteiger partial charge in [-0.15, -0.1) is 0 Å². The predicted octanol–water partition coefficient (Wildman–Crippen LogP) is 4.71. The molecular formula is C37H52O7. The van der Waals surface area contributed by atoms with Crippen molar-refractivity contribution in [2.24, 2.45) is 46.3 Å². The molecule has 0 radical (unpaired) electrons. The molecule has 1 aromatic rings. The van der Waals surface area contributed by atoms with Crippen LogP contribution >= 0.6 is 0 Å². The van der Waals surface area contributed by atoms with Crippen LogP contribution in [0.5, 0.6) is 5.75 Å². The van der Waals surface area contributed by atoms with Crippen LogP contribution in [0.4, 0.5) is 0 Å². The van der Waals surface area contributed by atoms with Gasteiger partial charge in [-0.25, -0.2) is 0 Å². The smallest absolute Gasteiger partial charge is 0.159 e. The van der Waals surface area contributed by atoms with Crippen molar-refractivity contribution in [1.29, 1.82) is 0 Å². The Hall–Kier alpha value is -1.77. The van der Waals surface area contributed by atoms with Crippen LogP contribution in [0.25, 0.3) is 0 Å². The van der Waals surface area contributed by atoms with E-state index in [0.717, 1.165) is 36.8 Å². The number of aromatic hydroxyl groups is 1. The number of rotatable bonds is 7. The number of carbonyl (C=O) groups excluding carboxylic acids is 1. The highest BCUT2D eigenvalue weighted by atomic mass is 16.6. The van der Waals surface area contributed by atoms with Crippen molar-refractivity contribution in [2.45, 2.75) is 128 Å². The molecule has 4 saturated carbocycles. The Morgan fingerprint density at radius 1 is 1.09 bits per heavy atom. The number of epoxide rings is 1. The van der Waals surface area contributed by atoms with Gasteiger partial charge in [0.25, 0.3) is 0 Å². The van der Waals surface area contributed by atoms with Crippen LogP contribution in [-0.4, -0.2) is 66.9 Å². The molecule has 0 unspecified atom stereocenters. The lowest BCUT2D eigenvalue weighted by molar-refractivity contribution is -0.194. The topological polar surface area (TPSA) is 131 Å². The highest BCUT2D eigenvalue weighted by Crippen LogP contribution is 2.72. The number of phenols is 1. The van der Waals surface area contributed by atoms with Gasteiger partial charge in [0.05, 0.1) is 29.5 Å². The fourth-order valence-electron chi connectivity index (χ4n) is 11.7. The number of hydrogen-bond acceptors (Lipinski definition) is 7. The van der Waals surface area contributed by atoms with E-state index in [9.17, 15) is 30.3 Å². The number of phenolic OH excluding ortho intramolecular Hbond substituents is 1. The zero-order chi connectivity index (χ0) is 31.4. The van der Waals surface area contributed by atoms with E-state index in [4.69, 9.17) is 4.74 Å². The average Bonchev–Trinajstić information content (AvgIpc) is 3.72. The van der Waals surface area contributed by atoms with Crippen molar-refractivity contribution in [3.8, 4) is 5.75 Å². The zero-order valence-electron chi connectivity index (χ0n) is 26.8. The van der Waals surface area contributed by atoms with Crippen LogP contribution in [0, 0.1) is 46.3 Å². The molecule has 5 N–H and O–H groups in total. The van der Waals surface area contributed by atoms with E-state index in [1.165, 1.54) is 0 Å². The second kappa shape index (κ2) is 10.4. The maximum atomic E-state index is 14.1. The molecule has 0 aromatic heterocycles. The standard InChI is InChI=1S/C37H52O7/c1-20(2)21(3)32-33(44-32)34(4,42)29-12-16-37(43)26-18-27(39)30-24-9-6-13-35(30,19-28(40)31(24)41)25(26)11-15-36(29,37)14-10-22-7-5-8-23(38)17-22/h5,7-8,17-18,20-21,24-25,28-33,38,40-43H,6,9-16,19H2,1-4H3/t21-,24-,25+,28+,29-,30+,31-,32+,33-,34-,35-,36-,37-/m1/s1. The average molecular weight is 609 g/mol. The predicted molar refractivity (Wildman–Crippen MR) is 166 cm³/mol. The van der Waals surface area contributed by atoms with E-state index < -0.39 is 34.2 Å². The molecule has 1 heterocycles. The largest absolute Gasteiger partial charge is 0.508 e. The molecular weight excluding hydrogens is 556 g/mol. The maximum absolute atomic E-state index is 14.1. The highest BCUT2D eigenvalue weighted by Gasteiger charge is 2.73. The van der Waals surface area contributed by atoms with Crippen LogP contribution in [0.15, 0.2) is 35.9 Å². The van der Waals surface area contributed by atoms with Gasteiger partial charge in [0, 0.05) is 11.3 Å². The molecule has 0 spiro atoms. The summed E-state index contributed by atoms with van der Waals surface area (Å²) < 4.78 is 6.24. The van der Waals surface area contributed by atoms with Crippen molar-refractivity contribution >= 4 is 5.78 Å². The zero-order valence-corrected chi connectivity index (χ0v) is 26.8. The molecule has 0 amide bonds. The third kappa shape index (κ3) is 4.21. The van der Waals surface area contributed by atoms with Crippen LogP contribution in [-0.2, 0) is 16.0 Å². The Bertz CT molecular complexity index is 1340. The Labute approximate surface area is 261 Å². The number of allylic oxidation sites excluding steroid dienone is 1. The van der Waals surface area contributed by atoms with E-state index >= 15 is 0 Å². The van der Waals surface area contributed by atoms with E-state index in [2.05, 4.69) is 20.8 Å². The fraction of sp³-hybridized carbons (Fsp3) is 0.757. The summed E-state index contributed by atoms with van der Waals surface area (Å²) >= 11 is 0. The Balaban J connectivity index is 1.30. The Morgan fingerprint density at radius 2 is 1.86 bits per heavy atom. The molecule has 5 aliphatic carbocycles. The van der Waals surface area contributed by atoms with E-state index in [-0.39, 0.29) is 47.4 Å². The van der Waals surface area contributed by atoms with Crippen molar-refractivity contribution in [2.75, 3.05) is 0 Å². The Kier molecular flexibility index (Phi) is 7.27. The summed E-state index contributed by atoms with van der Waals surface area (Å²) in [6, 6.07) is 7.27. The van der Waals surface area contributed by atoms with Gasteiger partial charge in [-0.1, -0.05) is 39.3 Å². The minimum Gasteiger partial charge on any atom is -0.508 e. The molecule has 7 heteroatoms. The molecule has 7 rings (SSSR count). The maximum Gasteiger partial charge on any atom is 0.159 e. The van der Waals surface area contributed by atoms with Gasteiger partial charge in [-0.2, -0.15) is 0 Å². The number of hydrogen-bond donors (Lipinski definition) is 5. The number of carbonyl (C=O) groups is 1. The van der Waals surface area contributed by atoms with Crippen LogP contribution in [0.3, 0.4) is 0 Å². The number of ether oxygens (including phenoxy) is 1. The summed E-state index contributed by atoms with van der Waals surface area (Å²) in [5.41, 5.74) is -1.79. The first kappa shape index (κ1) is 30.9. The normalized spacial score (nSPS) is 46.4. The summed E-state index contributed by atoms with van der Waals surface area (Å²) in [6.07, 6.45) is 6.36. The molecule has 44 heavy (non-hydrogen) atoms. The minimum absolute atomic E-state index is 0.00401. The lowest BCUT2D eigenvalue weighted by Gasteiger charge is -2.65. The Morgan fingerprint density at radius 3 is 2.59 bits per heavy atom. The molecule has 13 atom stereocenters. The lowest BCUT2D eigenvalue weighted by atomic mass is 9.40. The number of ketones is 1. The summed E-state index contributed by atoms with van der Waals surface area (Å²) in [5, 5.41) is 57.8. The van der Waals surface area contributed by atoms with Gasteiger partial charge in [0.15, 0.2) is 5.78 Å². The molecule has 7 nitrogen and oxygen atoms in total. The number of aryl methyl sites for hydroxylation is 1. The number of benzene rings is 1. The quantitative estimate of drug-likeness (QED) is 0.284. The van der Waals surface area contributed by atoms with Gasteiger partial charge < -0.3 is 30.3 Å². The molecule has 1 saturated heterocycles. The SMILES string of the molecule is CC(C)[C@@H](C)[C@@H]1O[C@H]1[C@](C)(O)[C@H]1CC[C@@]2(O)C3=CC(=O)[C@@H]4[C@H]5CCC[C@@]4(C[C@H](O)[C@@H]5O)[C@H]3CC[C@]12CCc1cccc(O)c1. The third-order valence-electron chi connectivity index (χ3n) is 14.1. The van der Waals surface area contributed by atoms with Crippen LogP contribution < -0.4 is 0 Å².